The van der Waals surface area contributed by atoms with E-state index in [1.807, 2.05) is 24.4 Å². The van der Waals surface area contributed by atoms with E-state index in [1.54, 1.807) is 6.92 Å². The number of benzene rings is 4. The highest BCUT2D eigenvalue weighted by Crippen LogP contribution is 2.56. The molecule has 0 aliphatic carbocycles. The Bertz CT molecular complexity index is 1800. The second-order valence-corrected chi connectivity index (χ2v) is 11.8. The van der Waals surface area contributed by atoms with Gasteiger partial charge in [0.15, 0.2) is 0 Å². The van der Waals surface area contributed by atoms with Gasteiger partial charge >= 0.3 is 12.1 Å². The molecule has 2 heterocycles. The van der Waals surface area contributed by atoms with Gasteiger partial charge in [0.1, 0.15) is 18.0 Å². The van der Waals surface area contributed by atoms with Crippen LogP contribution in [0.5, 0.6) is 5.75 Å². The predicted molar refractivity (Wildman–Crippen MR) is 174 cm³/mol. The van der Waals surface area contributed by atoms with E-state index < -0.39 is 23.2 Å². The maximum Gasteiger partial charge on any atom is 0.407 e. The van der Waals surface area contributed by atoms with Gasteiger partial charge in [-0.2, -0.15) is 0 Å². The molecule has 0 aromatic heterocycles. The van der Waals surface area contributed by atoms with Gasteiger partial charge < -0.3 is 24.4 Å². The van der Waals surface area contributed by atoms with Crippen molar-refractivity contribution in [1.82, 2.24) is 5.32 Å². The minimum Gasteiger partial charge on any atom is -0.460 e. The van der Waals surface area contributed by atoms with Crippen molar-refractivity contribution in [1.29, 1.82) is 0 Å². The molecule has 0 saturated carbocycles. The number of nitrogens with zero attached hydrogens (tertiary/aromatic N) is 2. The normalized spacial score (nSPS) is 17.7. The number of hydrogen-bond donors (Lipinski definition) is 1. The molecule has 44 heavy (non-hydrogen) atoms. The van der Waals surface area contributed by atoms with Crippen LogP contribution in [0, 0.1) is 0 Å². The molecule has 1 atom stereocenters. The molecular weight excluding hydrogens is 554 g/mol. The van der Waals surface area contributed by atoms with Crippen molar-refractivity contribution in [3.63, 3.8) is 0 Å². The van der Waals surface area contributed by atoms with E-state index >= 15 is 0 Å². The third-order valence-electron chi connectivity index (χ3n) is 8.58. The van der Waals surface area contributed by atoms with Gasteiger partial charge in [0.2, 0.25) is 5.72 Å². The molecule has 0 fully saturated rings. The second-order valence-electron chi connectivity index (χ2n) is 11.8. The van der Waals surface area contributed by atoms with E-state index in [-0.39, 0.29) is 19.8 Å². The molecule has 6 rings (SSSR count). The number of rotatable bonds is 9. The SMILES string of the molecule is C=C(C)C(=O)OCCNC(=O)OCCCCN1c2ccc3ccccc3c2C(C)(C)C12C=Nc1c(ccc3ccccc13)O2. The first-order valence-corrected chi connectivity index (χ1v) is 15.0. The van der Waals surface area contributed by atoms with Gasteiger partial charge in [-0.15, -0.1) is 0 Å². The van der Waals surface area contributed by atoms with Gasteiger partial charge in [0.25, 0.3) is 0 Å². The van der Waals surface area contributed by atoms with Crippen molar-refractivity contribution in [2.24, 2.45) is 4.99 Å². The average molecular weight is 592 g/mol. The second kappa shape index (κ2) is 11.7. The highest BCUT2D eigenvalue weighted by atomic mass is 16.6. The number of alkyl carbamates (subject to hydrolysis) is 1. The molecule has 4 aromatic carbocycles. The number of fused-ring (bicyclic) bond motifs is 6. The number of ether oxygens (including phenoxy) is 3. The molecule has 0 bridgehead atoms. The molecule has 2 aliphatic heterocycles. The minimum absolute atomic E-state index is 0.0577. The van der Waals surface area contributed by atoms with Gasteiger partial charge in [0.05, 0.1) is 24.8 Å². The fourth-order valence-electron chi connectivity index (χ4n) is 6.34. The lowest BCUT2D eigenvalue weighted by molar-refractivity contribution is -0.138. The van der Waals surface area contributed by atoms with E-state index in [2.05, 4.69) is 85.2 Å². The zero-order valence-electron chi connectivity index (χ0n) is 25.4. The predicted octanol–water partition coefficient (Wildman–Crippen LogP) is 7.21. The summed E-state index contributed by atoms with van der Waals surface area (Å²) in [4.78, 5) is 31.0. The number of esters is 1. The molecule has 0 radical (unpaired) electrons. The zero-order chi connectivity index (χ0) is 30.9. The molecule has 1 amide bonds. The Balaban J connectivity index is 1.20. The van der Waals surface area contributed by atoms with E-state index in [0.717, 1.165) is 34.3 Å². The van der Waals surface area contributed by atoms with E-state index in [0.29, 0.717) is 18.5 Å². The molecule has 8 heteroatoms. The summed E-state index contributed by atoms with van der Waals surface area (Å²) >= 11 is 0. The first kappa shape index (κ1) is 29.2. The van der Waals surface area contributed by atoms with Gasteiger partial charge in [-0.25, -0.2) is 9.59 Å². The van der Waals surface area contributed by atoms with Gasteiger partial charge in [0, 0.05) is 23.2 Å². The standard InChI is InChI=1S/C36H37N3O5/c1-24(2)33(40)42-22-19-37-34(41)43-21-10-9-20-39-29-17-15-25-11-5-7-13-27(25)31(29)35(3,4)36(39)23-38-32-28-14-8-6-12-26(28)16-18-30(32)44-36/h5-8,11-18,23H,1,9-10,19-22H2,2-4H3,(H,37,41). The maximum atomic E-state index is 12.1. The summed E-state index contributed by atoms with van der Waals surface area (Å²) in [7, 11) is 0. The number of carbonyl (C=O) groups excluding carboxylic acids is 2. The highest BCUT2D eigenvalue weighted by Gasteiger charge is 2.60. The molecular formula is C36H37N3O5. The Hall–Kier alpha value is -4.85. The lowest BCUT2D eigenvalue weighted by atomic mass is 9.75. The number of amides is 1. The lowest BCUT2D eigenvalue weighted by Gasteiger charge is -2.46. The van der Waals surface area contributed by atoms with Crippen molar-refractivity contribution in [2.45, 2.75) is 44.8 Å². The zero-order valence-corrected chi connectivity index (χ0v) is 25.4. The van der Waals surface area contributed by atoms with E-state index in [9.17, 15) is 9.59 Å². The highest BCUT2D eigenvalue weighted by molar-refractivity contribution is 6.02. The van der Waals surface area contributed by atoms with Crippen LogP contribution in [0.2, 0.25) is 0 Å². The van der Waals surface area contributed by atoms with Gasteiger partial charge in [-0.05, 0) is 67.5 Å². The summed E-state index contributed by atoms with van der Waals surface area (Å²) < 4.78 is 17.4. The lowest BCUT2D eigenvalue weighted by Crippen LogP contribution is -2.62. The van der Waals surface area contributed by atoms with Crippen LogP contribution in [-0.2, 0) is 19.7 Å². The van der Waals surface area contributed by atoms with Crippen LogP contribution in [0.4, 0.5) is 16.2 Å². The van der Waals surface area contributed by atoms with Crippen LogP contribution < -0.4 is 15.0 Å². The van der Waals surface area contributed by atoms with Gasteiger partial charge in [-0.3, -0.25) is 4.99 Å². The Morgan fingerprint density at radius 3 is 2.39 bits per heavy atom. The summed E-state index contributed by atoms with van der Waals surface area (Å²) in [5, 5.41) is 7.17. The van der Waals surface area contributed by atoms with Crippen molar-refractivity contribution >= 4 is 51.2 Å². The number of nitrogens with one attached hydrogen (secondary N) is 1. The summed E-state index contributed by atoms with van der Waals surface area (Å²) in [5.41, 5.74) is 2.21. The van der Waals surface area contributed by atoms with E-state index in [4.69, 9.17) is 19.2 Å². The molecule has 1 unspecified atom stereocenters. The molecule has 1 N–H and O–H groups in total. The molecule has 4 aromatic rings. The number of aliphatic imine (C=N–C) groups is 1. The summed E-state index contributed by atoms with van der Waals surface area (Å²) in [6.07, 6.45) is 2.86. The topological polar surface area (TPSA) is 89.5 Å². The smallest absolute Gasteiger partial charge is 0.407 e. The fourth-order valence-corrected chi connectivity index (χ4v) is 6.34. The Kier molecular flexibility index (Phi) is 7.76. The quantitative estimate of drug-likeness (QED) is 0.126. The Morgan fingerprint density at radius 1 is 0.909 bits per heavy atom. The van der Waals surface area contributed by atoms with Crippen molar-refractivity contribution < 1.29 is 23.8 Å². The van der Waals surface area contributed by atoms with E-state index in [1.165, 1.54) is 16.3 Å². The summed E-state index contributed by atoms with van der Waals surface area (Å²) in [6.45, 7) is 10.7. The number of unbranched alkanes of at least 4 members (excludes halogenated alkanes) is 1. The molecule has 8 nitrogen and oxygen atoms in total. The van der Waals surface area contributed by atoms with Crippen LogP contribution in [0.15, 0.2) is 89.9 Å². The first-order chi connectivity index (χ1) is 21.2. The molecule has 2 aliphatic rings. The summed E-state index contributed by atoms with van der Waals surface area (Å²) in [5.74, 6) is 0.275. The van der Waals surface area contributed by atoms with Gasteiger partial charge in [-0.1, -0.05) is 67.2 Å². The molecule has 0 saturated heterocycles. The minimum atomic E-state index is -0.853. The largest absolute Gasteiger partial charge is 0.460 e. The van der Waals surface area contributed by atoms with Crippen LogP contribution in [0.1, 0.15) is 39.2 Å². The fraction of sp³-hybridized carbons (Fsp3) is 0.306. The average Bonchev–Trinajstić information content (AvgIpc) is 3.20. The summed E-state index contributed by atoms with van der Waals surface area (Å²) in [6, 6.07) is 25.2. The number of carbonyl (C=O) groups is 2. The third kappa shape index (κ3) is 5.04. The monoisotopic (exact) mass is 591 g/mol. The van der Waals surface area contributed by atoms with Crippen LogP contribution in [0.25, 0.3) is 21.5 Å². The van der Waals surface area contributed by atoms with Crippen molar-refractivity contribution in [3.8, 4) is 5.75 Å². The Morgan fingerprint density at radius 2 is 1.61 bits per heavy atom. The third-order valence-corrected chi connectivity index (χ3v) is 8.58. The molecule has 1 spiro atoms. The Labute approximate surface area is 257 Å². The number of hydrogen-bond acceptors (Lipinski definition) is 7. The maximum absolute atomic E-state index is 12.1. The van der Waals surface area contributed by atoms with Crippen LogP contribution in [-0.4, -0.2) is 50.3 Å². The van der Waals surface area contributed by atoms with Crippen LogP contribution >= 0.6 is 0 Å². The first-order valence-electron chi connectivity index (χ1n) is 15.0. The van der Waals surface area contributed by atoms with Crippen molar-refractivity contribution in [2.75, 3.05) is 31.2 Å². The number of anilines is 1. The van der Waals surface area contributed by atoms with Crippen LogP contribution in [0.3, 0.4) is 0 Å². The molecule has 226 valence electrons. The van der Waals surface area contributed by atoms with Crippen molar-refractivity contribution in [3.05, 3.63) is 90.5 Å².